The highest BCUT2D eigenvalue weighted by Crippen LogP contribution is 2.21. The van der Waals surface area contributed by atoms with Crippen LogP contribution >= 0.6 is 0 Å². The number of rotatable bonds is 5. The van der Waals surface area contributed by atoms with Gasteiger partial charge in [-0.15, -0.1) is 0 Å². The molecule has 11 heteroatoms. The Morgan fingerprint density at radius 2 is 1.59 bits per heavy atom. The lowest BCUT2D eigenvalue weighted by Crippen LogP contribution is -2.47. The number of hydrogen-bond donors (Lipinski definition) is 3. The summed E-state index contributed by atoms with van der Waals surface area (Å²) in [5.74, 6) is -0.643. The van der Waals surface area contributed by atoms with Crippen LogP contribution in [0.5, 0.6) is 5.75 Å². The van der Waals surface area contributed by atoms with Crippen LogP contribution in [0.2, 0.25) is 0 Å². The molecule has 2 aromatic rings. The quantitative estimate of drug-likeness (QED) is 0.500. The number of anilines is 1. The zero-order valence-electron chi connectivity index (χ0n) is 15.1. The number of Topliss-reactive ketones (excluding diaryl/α,β-unsaturated/α-hetero) is 1. The second kappa shape index (κ2) is 8.20. The highest BCUT2D eigenvalue weighted by Gasteiger charge is 2.28. The van der Waals surface area contributed by atoms with Gasteiger partial charge >= 0.3 is 10.3 Å². The maximum absolute atomic E-state index is 11.8. The standard InChI is InChI=1S/C18H16N4O6S/c1-28-14-8-6-12(7-9-14)20-17-15(10-16(23)18(24)21-17)19-11-2-4-13(5-3-11)22-29(25,26)27/h2-9,22H,10H2,1H3,(H,20,21,24)(H,25,26,27). The van der Waals surface area contributed by atoms with Crippen LogP contribution in [-0.4, -0.2) is 43.3 Å². The van der Waals surface area contributed by atoms with Gasteiger partial charge in [0.25, 0.3) is 5.91 Å². The van der Waals surface area contributed by atoms with Crippen LogP contribution in [0, 0.1) is 0 Å². The number of carbonyl (C=O) groups excluding carboxylic acids is 2. The molecule has 3 rings (SSSR count). The number of ketones is 1. The molecule has 0 bridgehead atoms. The van der Waals surface area contributed by atoms with Gasteiger partial charge in [-0.05, 0) is 48.5 Å². The molecule has 3 N–H and O–H groups in total. The Balaban J connectivity index is 1.91. The van der Waals surface area contributed by atoms with E-state index >= 15 is 0 Å². The fourth-order valence-electron chi connectivity index (χ4n) is 2.45. The van der Waals surface area contributed by atoms with Crippen molar-refractivity contribution in [1.29, 1.82) is 0 Å². The largest absolute Gasteiger partial charge is 0.497 e. The minimum atomic E-state index is -4.39. The van der Waals surface area contributed by atoms with Crippen molar-refractivity contribution in [2.75, 3.05) is 11.8 Å². The summed E-state index contributed by atoms with van der Waals surface area (Å²) in [5.41, 5.74) is 1.31. The van der Waals surface area contributed by atoms with Gasteiger partial charge in [-0.1, -0.05) is 0 Å². The molecule has 2 aromatic carbocycles. The van der Waals surface area contributed by atoms with Gasteiger partial charge in [-0.2, -0.15) is 8.42 Å². The van der Waals surface area contributed by atoms with Gasteiger partial charge in [0.2, 0.25) is 5.78 Å². The van der Waals surface area contributed by atoms with Crippen molar-refractivity contribution >= 4 is 50.6 Å². The second-order valence-electron chi connectivity index (χ2n) is 5.90. The highest BCUT2D eigenvalue weighted by atomic mass is 32.2. The lowest BCUT2D eigenvalue weighted by Gasteiger charge is -2.16. The van der Waals surface area contributed by atoms with Crippen LogP contribution in [0.3, 0.4) is 0 Å². The molecule has 29 heavy (non-hydrogen) atoms. The third-order valence-corrected chi connectivity index (χ3v) is 4.27. The van der Waals surface area contributed by atoms with Gasteiger partial charge in [-0.3, -0.25) is 18.9 Å². The minimum absolute atomic E-state index is 0.136. The van der Waals surface area contributed by atoms with E-state index < -0.39 is 22.0 Å². The third-order valence-electron chi connectivity index (χ3n) is 3.78. The molecule has 0 atom stereocenters. The van der Waals surface area contributed by atoms with E-state index in [0.29, 0.717) is 17.1 Å². The molecule has 0 spiro atoms. The molecule has 0 saturated carbocycles. The van der Waals surface area contributed by atoms with Crippen molar-refractivity contribution in [2.45, 2.75) is 6.42 Å². The zero-order valence-corrected chi connectivity index (χ0v) is 15.9. The van der Waals surface area contributed by atoms with Gasteiger partial charge in [0.05, 0.1) is 36.3 Å². The van der Waals surface area contributed by atoms with Crippen molar-refractivity contribution < 1.29 is 27.3 Å². The van der Waals surface area contributed by atoms with E-state index in [4.69, 9.17) is 9.29 Å². The lowest BCUT2D eigenvalue weighted by atomic mass is 10.1. The molecule has 0 aromatic heterocycles. The average Bonchev–Trinajstić information content (AvgIpc) is 2.67. The molecular weight excluding hydrogens is 400 g/mol. The Kier molecular flexibility index (Phi) is 5.71. The smallest absolute Gasteiger partial charge is 0.357 e. The molecule has 1 fully saturated rings. The number of nitrogens with one attached hydrogen (secondary N) is 2. The van der Waals surface area contributed by atoms with E-state index in [1.54, 1.807) is 24.3 Å². The summed E-state index contributed by atoms with van der Waals surface area (Å²) in [5, 5.41) is 2.43. The number of amidine groups is 1. The number of ether oxygens (including phenoxy) is 1. The van der Waals surface area contributed by atoms with E-state index in [-0.39, 0.29) is 23.7 Å². The lowest BCUT2D eigenvalue weighted by molar-refractivity contribution is -0.136. The van der Waals surface area contributed by atoms with Crippen LogP contribution in [-0.2, 0) is 19.9 Å². The number of hydrogen-bond acceptors (Lipinski definition) is 7. The summed E-state index contributed by atoms with van der Waals surface area (Å²) in [6, 6.07) is 12.5. The maximum atomic E-state index is 11.8. The molecule has 150 valence electrons. The van der Waals surface area contributed by atoms with Gasteiger partial charge in [0.1, 0.15) is 5.75 Å². The zero-order chi connectivity index (χ0) is 21.0. The molecule has 0 aliphatic carbocycles. The summed E-state index contributed by atoms with van der Waals surface area (Å²) in [7, 11) is -2.85. The number of aliphatic imine (C=N–C) groups is 2. The summed E-state index contributed by atoms with van der Waals surface area (Å²) >= 11 is 0. The third kappa shape index (κ3) is 5.46. The molecule has 1 heterocycles. The Bertz CT molecular complexity index is 1110. The molecule has 10 nitrogen and oxygen atoms in total. The summed E-state index contributed by atoms with van der Waals surface area (Å²) in [6.07, 6.45) is -0.230. The van der Waals surface area contributed by atoms with Crippen molar-refractivity contribution in [3.63, 3.8) is 0 Å². The van der Waals surface area contributed by atoms with Crippen molar-refractivity contribution in [1.82, 2.24) is 5.32 Å². The maximum Gasteiger partial charge on any atom is 0.357 e. The second-order valence-corrected chi connectivity index (χ2v) is 7.05. The van der Waals surface area contributed by atoms with E-state index in [2.05, 4.69) is 15.3 Å². The van der Waals surface area contributed by atoms with Crippen molar-refractivity contribution in [2.24, 2.45) is 9.98 Å². The SMILES string of the molecule is COc1ccc(N=C2NC(=O)C(=O)CC2=Nc2ccc(NS(=O)(=O)O)cc2)cc1. The summed E-state index contributed by atoms with van der Waals surface area (Å²) in [6.45, 7) is 0. The summed E-state index contributed by atoms with van der Waals surface area (Å²) < 4.78 is 37.5. The molecule has 1 aliphatic rings. The number of nitrogens with zero attached hydrogens (tertiary/aromatic N) is 2. The first-order valence-corrected chi connectivity index (χ1v) is 9.67. The molecule has 1 aliphatic heterocycles. The number of methoxy groups -OCH3 is 1. The topological polar surface area (TPSA) is 147 Å². The van der Waals surface area contributed by atoms with Crippen LogP contribution in [0.4, 0.5) is 17.1 Å². The molecule has 0 radical (unpaired) electrons. The van der Waals surface area contributed by atoms with Crippen LogP contribution in [0.25, 0.3) is 0 Å². The van der Waals surface area contributed by atoms with Crippen LogP contribution in [0.15, 0.2) is 58.5 Å². The number of benzene rings is 2. The van der Waals surface area contributed by atoms with E-state index in [9.17, 15) is 18.0 Å². The normalized spacial score (nSPS) is 17.3. The Hall–Kier alpha value is -3.57. The predicted molar refractivity (Wildman–Crippen MR) is 107 cm³/mol. The predicted octanol–water partition coefficient (Wildman–Crippen LogP) is 1.80. The van der Waals surface area contributed by atoms with Crippen LogP contribution < -0.4 is 14.8 Å². The minimum Gasteiger partial charge on any atom is -0.497 e. The van der Waals surface area contributed by atoms with E-state index in [1.807, 2.05) is 4.72 Å². The van der Waals surface area contributed by atoms with Gasteiger partial charge in [-0.25, -0.2) is 9.98 Å². The Morgan fingerprint density at radius 3 is 2.17 bits per heavy atom. The first-order chi connectivity index (χ1) is 13.7. The van der Waals surface area contributed by atoms with Gasteiger partial charge < -0.3 is 10.1 Å². The molecule has 1 amide bonds. The summed E-state index contributed by atoms with van der Waals surface area (Å²) in [4.78, 5) is 32.3. The monoisotopic (exact) mass is 416 g/mol. The number of carbonyl (C=O) groups is 2. The fourth-order valence-corrected chi connectivity index (χ4v) is 2.88. The van der Waals surface area contributed by atoms with Crippen molar-refractivity contribution in [3.05, 3.63) is 48.5 Å². The first-order valence-electron chi connectivity index (χ1n) is 8.23. The average molecular weight is 416 g/mol. The van der Waals surface area contributed by atoms with Crippen molar-refractivity contribution in [3.8, 4) is 5.75 Å². The highest BCUT2D eigenvalue weighted by molar-refractivity contribution is 7.87. The molecular formula is C18H16N4O6S. The number of piperidine rings is 1. The number of amides is 1. The van der Waals surface area contributed by atoms with E-state index in [1.165, 1.54) is 31.4 Å². The molecule has 0 unspecified atom stereocenters. The first kappa shape index (κ1) is 20.2. The van der Waals surface area contributed by atoms with Gasteiger partial charge in [0, 0.05) is 0 Å². The molecule has 1 saturated heterocycles. The van der Waals surface area contributed by atoms with E-state index in [0.717, 1.165) is 0 Å². The Morgan fingerprint density at radius 1 is 1.00 bits per heavy atom. The fraction of sp³-hybridized carbons (Fsp3) is 0.111. The van der Waals surface area contributed by atoms with Crippen LogP contribution in [0.1, 0.15) is 6.42 Å². The Labute approximate surface area is 166 Å². The van der Waals surface area contributed by atoms with Gasteiger partial charge in [0.15, 0.2) is 5.84 Å².